The highest BCUT2D eigenvalue weighted by atomic mass is 32.2. The van der Waals surface area contributed by atoms with Gasteiger partial charge in [0.25, 0.3) is 0 Å². The second-order valence-corrected chi connectivity index (χ2v) is 8.35. The summed E-state index contributed by atoms with van der Waals surface area (Å²) < 4.78 is 152. The van der Waals surface area contributed by atoms with Gasteiger partial charge in [0.2, 0.25) is 0 Å². The molecule has 16 heteroatoms. The Labute approximate surface area is 182 Å². The molecule has 0 aliphatic carbocycles. The molecule has 0 unspecified atom stereocenters. The first-order chi connectivity index (χ1) is 13.1. The molecule has 0 aliphatic heterocycles. The summed E-state index contributed by atoms with van der Waals surface area (Å²) in [4.78, 5) is -8.48. The Hall–Kier alpha value is -0.220. The third-order valence-electron chi connectivity index (χ3n) is 3.08. The molecule has 0 saturated carbocycles. The summed E-state index contributed by atoms with van der Waals surface area (Å²) in [5.41, 5.74) is -0.0985. The van der Waals surface area contributed by atoms with Gasteiger partial charge in [0.05, 0.1) is 0 Å². The highest BCUT2D eigenvalue weighted by Crippen LogP contribution is 2.46. The summed E-state index contributed by atoms with van der Waals surface area (Å²) in [7, 11) is 0. The summed E-state index contributed by atoms with van der Waals surface area (Å²) >= 11 is 5.12. The molecule has 0 N–H and O–H groups in total. The van der Waals surface area contributed by atoms with Crippen molar-refractivity contribution in [2.75, 3.05) is 11.5 Å². The van der Waals surface area contributed by atoms with Gasteiger partial charge in [-0.05, 0) is 13.8 Å². The lowest BCUT2D eigenvalue weighted by Gasteiger charge is -2.18. The van der Waals surface area contributed by atoms with Crippen molar-refractivity contribution >= 4 is 48.8 Å². The smallest absolute Gasteiger partial charge is 0.166 e. The zero-order chi connectivity index (χ0) is 24.3. The van der Waals surface area contributed by atoms with Crippen LogP contribution in [-0.4, -0.2) is 36.2 Å². The van der Waals surface area contributed by atoms with Gasteiger partial charge in [-0.15, -0.1) is 48.8 Å². The van der Waals surface area contributed by atoms with Gasteiger partial charge in [0.15, 0.2) is 0 Å². The van der Waals surface area contributed by atoms with Crippen LogP contribution in [0, 0.1) is 0 Å². The molecular weight excluding hydrogens is 524 g/mol. The number of thioether (sulfide) groups is 2. The van der Waals surface area contributed by atoms with Crippen molar-refractivity contribution in [3.63, 3.8) is 0 Å². The SMILES string of the molecule is C/C(CS/C(=C(/S)C(F)(F)F)C(F)(F)F)=C(/C)CS/C(=C(/S)C(F)(F)F)C(F)(F)F. The van der Waals surface area contributed by atoms with E-state index in [2.05, 4.69) is 25.3 Å². The number of hydrogen-bond donors (Lipinski definition) is 2. The van der Waals surface area contributed by atoms with E-state index in [0.717, 1.165) is 13.8 Å². The first-order valence-corrected chi connectivity index (χ1v) is 10.0. The Morgan fingerprint density at radius 3 is 0.933 bits per heavy atom. The zero-order valence-corrected chi connectivity index (χ0v) is 18.1. The molecule has 0 bridgehead atoms. The first kappa shape index (κ1) is 29.8. The van der Waals surface area contributed by atoms with Gasteiger partial charge in [-0.2, -0.15) is 52.7 Å². The maximum Gasteiger partial charge on any atom is 0.423 e. The van der Waals surface area contributed by atoms with E-state index >= 15 is 0 Å². The van der Waals surface area contributed by atoms with E-state index in [1.807, 2.05) is 0 Å². The van der Waals surface area contributed by atoms with Crippen molar-refractivity contribution in [2.24, 2.45) is 0 Å². The van der Waals surface area contributed by atoms with E-state index in [1.54, 1.807) is 0 Å². The molecule has 0 radical (unpaired) electrons. The van der Waals surface area contributed by atoms with Gasteiger partial charge < -0.3 is 0 Å². The molecule has 0 aliphatic rings. The molecule has 0 fully saturated rings. The molecule has 0 amide bonds. The maximum absolute atomic E-state index is 12.8. The van der Waals surface area contributed by atoms with Crippen LogP contribution in [0.4, 0.5) is 52.7 Å². The highest BCUT2D eigenvalue weighted by Gasteiger charge is 2.45. The van der Waals surface area contributed by atoms with E-state index in [9.17, 15) is 52.7 Å². The van der Waals surface area contributed by atoms with Gasteiger partial charge in [-0.25, -0.2) is 0 Å². The monoisotopic (exact) mass is 536 g/mol. The molecule has 0 spiro atoms. The van der Waals surface area contributed by atoms with Crippen LogP contribution in [0.2, 0.25) is 0 Å². The normalized spacial score (nSPS) is 16.8. The number of allylic oxidation sites excluding steroid dienone is 4. The Morgan fingerprint density at radius 1 is 0.533 bits per heavy atom. The fraction of sp³-hybridized carbons (Fsp3) is 0.571. The molecule has 30 heavy (non-hydrogen) atoms. The number of hydrogen-bond acceptors (Lipinski definition) is 4. The first-order valence-electron chi connectivity index (χ1n) is 7.16. The molecular formula is C14H12F12S4. The Bertz CT molecular complexity index is 644. The third kappa shape index (κ3) is 9.51. The van der Waals surface area contributed by atoms with E-state index in [0.29, 0.717) is 0 Å². The standard InChI is InChI=1S/C14H12F12S4/c1-5(3-29-9(13(21,22)23)7(27)11(15,16)17)6(2)4-30-10(14(24,25)26)8(28)12(18,19)20/h27-28H,3-4H2,1-2H3/b6-5+,9-7+,10-8+. The van der Waals surface area contributed by atoms with Crippen LogP contribution >= 0.6 is 48.8 Å². The van der Waals surface area contributed by atoms with Crippen molar-refractivity contribution in [1.82, 2.24) is 0 Å². The lowest BCUT2D eigenvalue weighted by molar-refractivity contribution is -0.103. The second-order valence-electron chi connectivity index (χ2n) is 5.48. The molecule has 0 rings (SSSR count). The average molecular weight is 536 g/mol. The topological polar surface area (TPSA) is 0 Å². The van der Waals surface area contributed by atoms with Gasteiger partial charge in [-0.1, -0.05) is 11.1 Å². The Balaban J connectivity index is 5.62. The molecule has 0 saturated heterocycles. The predicted molar refractivity (Wildman–Crippen MR) is 99.5 cm³/mol. The van der Waals surface area contributed by atoms with Crippen LogP contribution in [-0.2, 0) is 0 Å². The van der Waals surface area contributed by atoms with Crippen LogP contribution in [0.3, 0.4) is 0 Å². The minimum atomic E-state index is -5.39. The fourth-order valence-corrected chi connectivity index (χ4v) is 4.12. The van der Waals surface area contributed by atoms with Gasteiger partial charge in [0, 0.05) is 11.5 Å². The van der Waals surface area contributed by atoms with Crippen molar-refractivity contribution in [3.05, 3.63) is 30.8 Å². The lowest BCUT2D eigenvalue weighted by Crippen LogP contribution is -2.19. The lowest BCUT2D eigenvalue weighted by atomic mass is 10.2. The Kier molecular flexibility index (Phi) is 10.5. The van der Waals surface area contributed by atoms with Crippen LogP contribution in [0.25, 0.3) is 0 Å². The second kappa shape index (κ2) is 10.6. The molecule has 0 aromatic heterocycles. The number of thiol groups is 2. The van der Waals surface area contributed by atoms with Gasteiger partial charge in [0.1, 0.15) is 19.6 Å². The van der Waals surface area contributed by atoms with E-state index in [4.69, 9.17) is 0 Å². The van der Waals surface area contributed by atoms with Crippen molar-refractivity contribution < 1.29 is 52.7 Å². The summed E-state index contributed by atoms with van der Waals surface area (Å²) in [5.74, 6) is -1.42. The minimum Gasteiger partial charge on any atom is -0.166 e. The summed E-state index contributed by atoms with van der Waals surface area (Å²) in [5, 5.41) is 0. The largest absolute Gasteiger partial charge is 0.423 e. The maximum atomic E-state index is 12.8. The summed E-state index contributed by atoms with van der Waals surface area (Å²) in [6.07, 6.45) is -21.5. The number of halogens is 12. The van der Waals surface area contributed by atoms with Gasteiger partial charge in [-0.3, -0.25) is 0 Å². The van der Waals surface area contributed by atoms with Crippen LogP contribution in [0.1, 0.15) is 13.8 Å². The van der Waals surface area contributed by atoms with E-state index in [1.165, 1.54) is 0 Å². The van der Waals surface area contributed by atoms with E-state index in [-0.39, 0.29) is 34.7 Å². The zero-order valence-electron chi connectivity index (χ0n) is 14.7. The van der Waals surface area contributed by atoms with Crippen LogP contribution in [0.15, 0.2) is 30.8 Å². The van der Waals surface area contributed by atoms with Crippen molar-refractivity contribution in [1.29, 1.82) is 0 Å². The highest BCUT2D eigenvalue weighted by molar-refractivity contribution is 8.04. The number of alkyl halides is 12. The van der Waals surface area contributed by atoms with E-state index < -0.39 is 55.8 Å². The molecule has 0 aromatic carbocycles. The number of rotatable bonds is 6. The third-order valence-corrected chi connectivity index (χ3v) is 6.94. The quantitative estimate of drug-likeness (QED) is 0.199. The molecule has 0 aromatic rings. The minimum absolute atomic E-state index is 0.0493. The Morgan fingerprint density at radius 2 is 0.767 bits per heavy atom. The fourth-order valence-electron chi connectivity index (χ4n) is 1.43. The van der Waals surface area contributed by atoms with Crippen LogP contribution < -0.4 is 0 Å². The van der Waals surface area contributed by atoms with Crippen LogP contribution in [0.5, 0.6) is 0 Å². The average Bonchev–Trinajstić information content (AvgIpc) is 2.49. The molecule has 0 nitrogen and oxygen atoms in total. The summed E-state index contributed by atoms with van der Waals surface area (Å²) in [6.45, 7) is 2.26. The molecule has 176 valence electrons. The molecule has 0 atom stereocenters. The van der Waals surface area contributed by atoms with Crippen molar-refractivity contribution in [2.45, 2.75) is 38.6 Å². The van der Waals surface area contributed by atoms with Crippen molar-refractivity contribution in [3.8, 4) is 0 Å². The van der Waals surface area contributed by atoms with Gasteiger partial charge >= 0.3 is 24.7 Å². The predicted octanol–water partition coefficient (Wildman–Crippen LogP) is 8.32. The summed E-state index contributed by atoms with van der Waals surface area (Å²) in [6, 6.07) is 0. The molecule has 0 heterocycles.